The molecule has 2 rings (SSSR count). The molecule has 0 radical (unpaired) electrons. The fraction of sp³-hybridized carbons (Fsp3) is 0.273. The summed E-state index contributed by atoms with van der Waals surface area (Å²) in [4.78, 5) is 9.61. The summed E-state index contributed by atoms with van der Waals surface area (Å²) in [6.45, 7) is 2.82. The van der Waals surface area contributed by atoms with E-state index in [0.717, 1.165) is 23.1 Å². The van der Waals surface area contributed by atoms with Crippen LogP contribution in [0.1, 0.15) is 9.88 Å². The van der Waals surface area contributed by atoms with Gasteiger partial charge in [-0.3, -0.25) is 0 Å². The summed E-state index contributed by atoms with van der Waals surface area (Å²) < 4.78 is 0. The molecule has 0 aliphatic carbocycles. The highest BCUT2D eigenvalue weighted by molar-refractivity contribution is 7.11. The van der Waals surface area contributed by atoms with Gasteiger partial charge in [0.2, 0.25) is 0 Å². The predicted molar refractivity (Wildman–Crippen MR) is 68.0 cm³/mol. The summed E-state index contributed by atoms with van der Waals surface area (Å²) in [7, 11) is 1.86. The van der Waals surface area contributed by atoms with Crippen molar-refractivity contribution in [1.29, 1.82) is 0 Å². The Labute approximate surface area is 98.8 Å². The second kappa shape index (κ2) is 4.94. The van der Waals surface area contributed by atoms with Crippen LogP contribution in [0.4, 0.5) is 11.5 Å². The first-order chi connectivity index (χ1) is 7.78. The Hall–Kier alpha value is -1.62. The maximum absolute atomic E-state index is 4.22. The molecule has 0 spiro atoms. The topological polar surface area (TPSA) is 49.8 Å². The highest BCUT2D eigenvalue weighted by Crippen LogP contribution is 2.15. The van der Waals surface area contributed by atoms with Crippen molar-refractivity contribution in [3.63, 3.8) is 0 Å². The highest BCUT2D eigenvalue weighted by atomic mass is 32.1. The van der Waals surface area contributed by atoms with Crippen molar-refractivity contribution in [2.45, 2.75) is 13.5 Å². The minimum atomic E-state index is 0.804. The molecule has 0 saturated heterocycles. The van der Waals surface area contributed by atoms with E-state index in [0.29, 0.717) is 0 Å². The van der Waals surface area contributed by atoms with E-state index in [9.17, 15) is 0 Å². The molecule has 0 aromatic carbocycles. The Morgan fingerprint density at radius 3 is 2.94 bits per heavy atom. The van der Waals surface area contributed by atoms with Gasteiger partial charge in [0.15, 0.2) is 0 Å². The second-order valence-electron chi connectivity index (χ2n) is 3.38. The quantitative estimate of drug-likeness (QED) is 0.853. The van der Waals surface area contributed by atoms with E-state index in [1.165, 1.54) is 4.88 Å². The number of aryl methyl sites for hydroxylation is 1. The number of aromatic nitrogens is 2. The normalized spacial score (nSPS) is 10.1. The molecule has 0 bridgehead atoms. The van der Waals surface area contributed by atoms with Crippen molar-refractivity contribution in [2.24, 2.45) is 0 Å². The van der Waals surface area contributed by atoms with Gasteiger partial charge in [0.1, 0.15) is 5.82 Å². The zero-order chi connectivity index (χ0) is 11.4. The molecule has 2 N–H and O–H groups in total. The van der Waals surface area contributed by atoms with Crippen molar-refractivity contribution in [1.82, 2.24) is 9.97 Å². The van der Waals surface area contributed by atoms with E-state index in [4.69, 9.17) is 0 Å². The van der Waals surface area contributed by atoms with E-state index in [2.05, 4.69) is 20.6 Å². The largest absolute Gasteiger partial charge is 0.380 e. The Kier molecular flexibility index (Phi) is 3.36. The molecule has 4 nitrogen and oxygen atoms in total. The maximum atomic E-state index is 4.22. The van der Waals surface area contributed by atoms with E-state index in [-0.39, 0.29) is 0 Å². The Balaban J connectivity index is 1.99. The van der Waals surface area contributed by atoms with Crippen molar-refractivity contribution in [3.05, 3.63) is 34.4 Å². The van der Waals surface area contributed by atoms with Crippen LogP contribution in [-0.2, 0) is 6.54 Å². The molecular weight excluding hydrogens is 220 g/mol. The SMILES string of the molecule is CNc1cc(NCc2cnc(C)s2)ccn1. The standard InChI is InChI=1S/C11H14N4S/c1-8-14-6-10(16-8)7-15-9-3-4-13-11(5-9)12-2/h3-6H,7H2,1-2H3,(H2,12,13,15). The molecule has 0 aliphatic rings. The average molecular weight is 234 g/mol. The van der Waals surface area contributed by atoms with Gasteiger partial charge in [0.25, 0.3) is 0 Å². The molecule has 2 heterocycles. The van der Waals surface area contributed by atoms with Crippen LogP contribution in [0.2, 0.25) is 0 Å². The van der Waals surface area contributed by atoms with Crippen LogP contribution in [-0.4, -0.2) is 17.0 Å². The monoisotopic (exact) mass is 234 g/mol. The summed E-state index contributed by atoms with van der Waals surface area (Å²) in [6.07, 6.45) is 3.69. The van der Waals surface area contributed by atoms with Crippen LogP contribution in [0.15, 0.2) is 24.5 Å². The smallest absolute Gasteiger partial charge is 0.127 e. The first kappa shape index (κ1) is 10.9. The lowest BCUT2D eigenvalue weighted by molar-refractivity contribution is 1.16. The average Bonchev–Trinajstić information content (AvgIpc) is 2.73. The van der Waals surface area contributed by atoms with Crippen molar-refractivity contribution >= 4 is 22.8 Å². The highest BCUT2D eigenvalue weighted by Gasteiger charge is 1.99. The minimum Gasteiger partial charge on any atom is -0.380 e. The maximum Gasteiger partial charge on any atom is 0.127 e. The molecule has 0 saturated carbocycles. The van der Waals surface area contributed by atoms with Crippen LogP contribution >= 0.6 is 11.3 Å². The number of rotatable bonds is 4. The first-order valence-electron chi connectivity index (χ1n) is 5.07. The van der Waals surface area contributed by atoms with Crippen LogP contribution in [0.25, 0.3) is 0 Å². The van der Waals surface area contributed by atoms with Gasteiger partial charge in [-0.15, -0.1) is 11.3 Å². The fourth-order valence-electron chi connectivity index (χ4n) is 1.35. The van der Waals surface area contributed by atoms with E-state index >= 15 is 0 Å². The number of nitrogens with one attached hydrogen (secondary N) is 2. The minimum absolute atomic E-state index is 0.804. The first-order valence-corrected chi connectivity index (χ1v) is 5.88. The fourth-order valence-corrected chi connectivity index (χ4v) is 2.09. The lowest BCUT2D eigenvalue weighted by atomic mass is 10.3. The van der Waals surface area contributed by atoms with Gasteiger partial charge in [-0.1, -0.05) is 0 Å². The summed E-state index contributed by atoms with van der Waals surface area (Å²) in [5.41, 5.74) is 1.06. The molecule has 0 unspecified atom stereocenters. The van der Waals surface area contributed by atoms with Crippen LogP contribution in [0, 0.1) is 6.92 Å². The Bertz CT molecular complexity index is 467. The molecular formula is C11H14N4S. The lowest BCUT2D eigenvalue weighted by Crippen LogP contribution is -1.99. The third-order valence-electron chi connectivity index (χ3n) is 2.15. The molecule has 0 amide bonds. The number of hydrogen-bond acceptors (Lipinski definition) is 5. The summed E-state index contributed by atoms with van der Waals surface area (Å²) in [5, 5.41) is 7.45. The third kappa shape index (κ3) is 2.70. The van der Waals surface area contributed by atoms with E-state index < -0.39 is 0 Å². The number of nitrogens with zero attached hydrogens (tertiary/aromatic N) is 2. The van der Waals surface area contributed by atoms with Crippen LogP contribution in [0.3, 0.4) is 0 Å². The van der Waals surface area contributed by atoms with Crippen molar-refractivity contribution < 1.29 is 0 Å². The number of hydrogen-bond donors (Lipinski definition) is 2. The molecule has 84 valence electrons. The third-order valence-corrected chi connectivity index (χ3v) is 3.06. The Morgan fingerprint density at radius 1 is 1.38 bits per heavy atom. The van der Waals surface area contributed by atoms with E-state index in [1.54, 1.807) is 17.5 Å². The van der Waals surface area contributed by atoms with Gasteiger partial charge in [0.05, 0.1) is 11.6 Å². The van der Waals surface area contributed by atoms with Crippen molar-refractivity contribution in [3.8, 4) is 0 Å². The van der Waals surface area contributed by atoms with Gasteiger partial charge < -0.3 is 10.6 Å². The summed E-state index contributed by atoms with van der Waals surface area (Å²) in [5.74, 6) is 0.866. The number of anilines is 2. The zero-order valence-electron chi connectivity index (χ0n) is 9.32. The lowest BCUT2D eigenvalue weighted by Gasteiger charge is -2.05. The van der Waals surface area contributed by atoms with Gasteiger partial charge in [-0.25, -0.2) is 9.97 Å². The van der Waals surface area contributed by atoms with Crippen LogP contribution < -0.4 is 10.6 Å². The van der Waals surface area contributed by atoms with E-state index in [1.807, 2.05) is 32.3 Å². The molecule has 0 aliphatic heterocycles. The zero-order valence-corrected chi connectivity index (χ0v) is 10.1. The second-order valence-corrected chi connectivity index (χ2v) is 4.70. The van der Waals surface area contributed by atoms with Gasteiger partial charge in [-0.2, -0.15) is 0 Å². The predicted octanol–water partition coefficient (Wildman–Crippen LogP) is 2.50. The summed E-state index contributed by atoms with van der Waals surface area (Å²) >= 11 is 1.71. The Morgan fingerprint density at radius 2 is 2.25 bits per heavy atom. The van der Waals surface area contributed by atoms with Gasteiger partial charge in [0, 0.05) is 36.1 Å². The molecule has 5 heteroatoms. The summed E-state index contributed by atoms with van der Waals surface area (Å²) in [6, 6.07) is 3.93. The van der Waals surface area contributed by atoms with Gasteiger partial charge >= 0.3 is 0 Å². The van der Waals surface area contributed by atoms with Crippen LogP contribution in [0.5, 0.6) is 0 Å². The molecule has 16 heavy (non-hydrogen) atoms. The molecule has 2 aromatic rings. The molecule has 0 fully saturated rings. The number of thiazole rings is 1. The molecule has 0 atom stereocenters. The van der Waals surface area contributed by atoms with Crippen molar-refractivity contribution in [2.75, 3.05) is 17.7 Å². The molecule has 2 aromatic heterocycles. The number of pyridine rings is 1. The van der Waals surface area contributed by atoms with Gasteiger partial charge in [-0.05, 0) is 13.0 Å².